The van der Waals surface area contributed by atoms with Crippen LogP contribution >= 0.6 is 0 Å². The minimum Gasteiger partial charge on any atom is -0.493 e. The Hall–Kier alpha value is -1.71. The third kappa shape index (κ3) is 6.97. The van der Waals surface area contributed by atoms with Gasteiger partial charge >= 0.3 is 5.97 Å². The molecule has 1 aromatic rings. The lowest BCUT2D eigenvalue weighted by Crippen LogP contribution is -2.47. The summed E-state index contributed by atoms with van der Waals surface area (Å²) in [7, 11) is 0. The van der Waals surface area contributed by atoms with Gasteiger partial charge in [0.25, 0.3) is 0 Å². The molecule has 8 heteroatoms. The van der Waals surface area contributed by atoms with Gasteiger partial charge in [-0.2, -0.15) is 0 Å². The summed E-state index contributed by atoms with van der Waals surface area (Å²) in [6, 6.07) is 6.24. The third-order valence-corrected chi connectivity index (χ3v) is 3.38. The van der Waals surface area contributed by atoms with Crippen LogP contribution in [0.5, 0.6) is 5.75 Å². The van der Waals surface area contributed by atoms with Crippen LogP contribution in [0.4, 0.5) is 0 Å². The van der Waals surface area contributed by atoms with Crippen LogP contribution < -0.4 is 4.74 Å². The normalized spacial score (nSPS) is 16.2. The molecular formula is C17H26O8. The molecule has 4 atom stereocenters. The SMILES string of the molecule is CC(C)COc1ccc(C(=O)OC[C@@H](O)[C@@H](O)[C@H](O)[C@@H](O)CO)cc1. The maximum atomic E-state index is 11.9. The fraction of sp³-hybridized carbons (Fsp3) is 0.588. The van der Waals surface area contributed by atoms with E-state index in [1.165, 1.54) is 12.1 Å². The van der Waals surface area contributed by atoms with Crippen molar-refractivity contribution in [3.8, 4) is 5.75 Å². The monoisotopic (exact) mass is 358 g/mol. The fourth-order valence-corrected chi connectivity index (χ4v) is 1.86. The molecule has 0 fully saturated rings. The van der Waals surface area contributed by atoms with Crippen LogP contribution in [0.25, 0.3) is 0 Å². The van der Waals surface area contributed by atoms with Gasteiger partial charge in [0.05, 0.1) is 18.8 Å². The Morgan fingerprint density at radius 3 is 2.04 bits per heavy atom. The third-order valence-electron chi connectivity index (χ3n) is 3.38. The number of rotatable bonds is 10. The molecule has 25 heavy (non-hydrogen) atoms. The predicted molar refractivity (Wildman–Crippen MR) is 88.2 cm³/mol. The summed E-state index contributed by atoms with van der Waals surface area (Å²) in [4.78, 5) is 11.9. The molecule has 1 aromatic carbocycles. The zero-order valence-corrected chi connectivity index (χ0v) is 14.3. The molecule has 0 unspecified atom stereocenters. The molecule has 0 aromatic heterocycles. The molecule has 0 saturated heterocycles. The van der Waals surface area contributed by atoms with Crippen LogP contribution in [0.2, 0.25) is 0 Å². The molecule has 0 aliphatic heterocycles. The Labute approximate surface area is 146 Å². The van der Waals surface area contributed by atoms with Crippen molar-refractivity contribution < 1.29 is 39.8 Å². The second-order valence-electron chi connectivity index (χ2n) is 6.13. The van der Waals surface area contributed by atoms with Crippen molar-refractivity contribution in [3.63, 3.8) is 0 Å². The van der Waals surface area contributed by atoms with E-state index in [2.05, 4.69) is 0 Å². The molecule has 5 N–H and O–H groups in total. The maximum Gasteiger partial charge on any atom is 0.338 e. The van der Waals surface area contributed by atoms with Gasteiger partial charge in [-0.15, -0.1) is 0 Å². The largest absolute Gasteiger partial charge is 0.493 e. The maximum absolute atomic E-state index is 11.9. The number of ether oxygens (including phenoxy) is 2. The molecule has 0 bridgehead atoms. The quantitative estimate of drug-likeness (QED) is 0.347. The lowest BCUT2D eigenvalue weighted by Gasteiger charge is -2.25. The van der Waals surface area contributed by atoms with Crippen molar-refractivity contribution >= 4 is 5.97 Å². The van der Waals surface area contributed by atoms with Crippen molar-refractivity contribution in [1.82, 2.24) is 0 Å². The molecular weight excluding hydrogens is 332 g/mol. The van der Waals surface area contributed by atoms with Gasteiger partial charge in [-0.3, -0.25) is 0 Å². The summed E-state index contributed by atoms with van der Waals surface area (Å²) < 4.78 is 10.4. The zero-order chi connectivity index (χ0) is 19.0. The van der Waals surface area contributed by atoms with E-state index in [9.17, 15) is 25.2 Å². The molecule has 0 radical (unpaired) electrons. The van der Waals surface area contributed by atoms with E-state index in [0.717, 1.165) is 0 Å². The smallest absolute Gasteiger partial charge is 0.338 e. The molecule has 0 saturated carbocycles. The van der Waals surface area contributed by atoms with Gasteiger partial charge in [0, 0.05) is 0 Å². The Kier molecular flexibility index (Phi) is 8.81. The summed E-state index contributed by atoms with van der Waals surface area (Å²) in [5, 5.41) is 46.7. The number of hydrogen-bond donors (Lipinski definition) is 5. The van der Waals surface area contributed by atoms with Crippen molar-refractivity contribution in [2.75, 3.05) is 19.8 Å². The van der Waals surface area contributed by atoms with Gasteiger partial charge in [-0.1, -0.05) is 13.8 Å². The molecule has 0 amide bonds. The molecule has 1 rings (SSSR count). The Balaban J connectivity index is 2.50. The van der Waals surface area contributed by atoms with Crippen LogP contribution in [-0.4, -0.2) is 75.7 Å². The Morgan fingerprint density at radius 1 is 0.960 bits per heavy atom. The minimum atomic E-state index is -1.78. The average molecular weight is 358 g/mol. The van der Waals surface area contributed by atoms with Gasteiger partial charge < -0.3 is 35.0 Å². The standard InChI is InChI=1S/C17H26O8/c1-10(2)8-24-12-5-3-11(4-6-12)17(23)25-9-14(20)16(22)15(21)13(19)7-18/h3-6,10,13-16,18-22H,7-9H2,1-2H3/t13-,14+,15+,16+/m0/s1. The van der Waals surface area contributed by atoms with Crippen molar-refractivity contribution in [2.24, 2.45) is 5.92 Å². The topological polar surface area (TPSA) is 137 Å². The summed E-state index contributed by atoms with van der Waals surface area (Å²) in [6.45, 7) is 3.22. The summed E-state index contributed by atoms with van der Waals surface area (Å²) in [6.07, 6.45) is -6.77. The highest BCUT2D eigenvalue weighted by atomic mass is 16.5. The number of aliphatic hydroxyl groups excluding tert-OH is 5. The van der Waals surface area contributed by atoms with Gasteiger partial charge in [-0.25, -0.2) is 4.79 Å². The lowest BCUT2D eigenvalue weighted by molar-refractivity contribution is -0.124. The Morgan fingerprint density at radius 2 is 1.52 bits per heavy atom. The molecule has 0 aliphatic carbocycles. The van der Waals surface area contributed by atoms with E-state index in [4.69, 9.17) is 14.6 Å². The number of hydrogen-bond acceptors (Lipinski definition) is 8. The number of aliphatic hydroxyl groups is 5. The van der Waals surface area contributed by atoms with E-state index < -0.39 is 43.6 Å². The number of carbonyl (C=O) groups excluding carboxylic acids is 1. The van der Waals surface area contributed by atoms with Gasteiger partial charge in [0.1, 0.15) is 36.8 Å². The van der Waals surface area contributed by atoms with E-state index in [1.54, 1.807) is 12.1 Å². The Bertz CT molecular complexity index is 516. The second kappa shape index (κ2) is 10.3. The summed E-state index contributed by atoms with van der Waals surface area (Å²) >= 11 is 0. The van der Waals surface area contributed by atoms with Crippen molar-refractivity contribution in [3.05, 3.63) is 29.8 Å². The summed E-state index contributed by atoms with van der Waals surface area (Å²) in [5.74, 6) is 0.262. The van der Waals surface area contributed by atoms with Crippen LogP contribution in [0.3, 0.4) is 0 Å². The predicted octanol–water partition coefficient (Wildman–Crippen LogP) is -0.686. The molecule has 0 heterocycles. The van der Waals surface area contributed by atoms with E-state index >= 15 is 0 Å². The van der Waals surface area contributed by atoms with E-state index in [0.29, 0.717) is 18.3 Å². The van der Waals surface area contributed by atoms with Crippen LogP contribution in [0.1, 0.15) is 24.2 Å². The first-order valence-electron chi connectivity index (χ1n) is 7.99. The first kappa shape index (κ1) is 21.3. The van der Waals surface area contributed by atoms with Crippen LogP contribution in [0, 0.1) is 5.92 Å². The average Bonchev–Trinajstić information content (AvgIpc) is 2.62. The van der Waals surface area contributed by atoms with Crippen molar-refractivity contribution in [1.29, 1.82) is 0 Å². The van der Waals surface area contributed by atoms with Gasteiger partial charge in [0.15, 0.2) is 0 Å². The minimum absolute atomic E-state index is 0.231. The van der Waals surface area contributed by atoms with Crippen molar-refractivity contribution in [2.45, 2.75) is 38.3 Å². The van der Waals surface area contributed by atoms with Crippen LogP contribution in [-0.2, 0) is 4.74 Å². The molecule has 8 nitrogen and oxygen atoms in total. The molecule has 142 valence electrons. The zero-order valence-electron chi connectivity index (χ0n) is 14.3. The van der Waals surface area contributed by atoms with E-state index in [1.807, 2.05) is 13.8 Å². The molecule has 0 spiro atoms. The van der Waals surface area contributed by atoms with Crippen LogP contribution in [0.15, 0.2) is 24.3 Å². The highest BCUT2D eigenvalue weighted by Gasteiger charge is 2.30. The second-order valence-corrected chi connectivity index (χ2v) is 6.13. The van der Waals surface area contributed by atoms with Gasteiger partial charge in [-0.05, 0) is 30.2 Å². The van der Waals surface area contributed by atoms with E-state index in [-0.39, 0.29) is 5.56 Å². The summed E-state index contributed by atoms with van der Waals surface area (Å²) in [5.41, 5.74) is 0.231. The number of esters is 1. The highest BCUT2D eigenvalue weighted by molar-refractivity contribution is 5.89. The molecule has 0 aliphatic rings. The lowest BCUT2D eigenvalue weighted by atomic mass is 10.0. The highest BCUT2D eigenvalue weighted by Crippen LogP contribution is 2.14. The van der Waals surface area contributed by atoms with Gasteiger partial charge in [0.2, 0.25) is 0 Å². The number of benzene rings is 1. The first-order valence-corrected chi connectivity index (χ1v) is 7.99. The fourth-order valence-electron chi connectivity index (χ4n) is 1.86. The first-order chi connectivity index (χ1) is 11.8. The number of carbonyl (C=O) groups is 1.